The first-order chi connectivity index (χ1) is 7.81. The van der Waals surface area contributed by atoms with Crippen LogP contribution in [0.4, 0.5) is 0 Å². The minimum absolute atomic E-state index is 0.272. The summed E-state index contributed by atoms with van der Waals surface area (Å²) in [6.07, 6.45) is 8.02. The van der Waals surface area contributed by atoms with Gasteiger partial charge in [0.25, 0.3) is 0 Å². The fourth-order valence-corrected chi connectivity index (χ4v) is 2.82. The Bertz CT molecular complexity index is 146. The van der Waals surface area contributed by atoms with Gasteiger partial charge < -0.3 is 10.2 Å². The molecule has 0 spiro atoms. The number of hydrogen-bond acceptors (Lipinski definition) is 3. The first-order valence-corrected chi connectivity index (χ1v) is 7.86. The molecule has 0 aliphatic carbocycles. The van der Waals surface area contributed by atoms with Crippen molar-refractivity contribution < 1.29 is 14.4 Å². The van der Waals surface area contributed by atoms with E-state index in [4.69, 9.17) is 10.2 Å². The molecule has 0 fully saturated rings. The molecule has 16 heavy (non-hydrogen) atoms. The maximum absolute atomic E-state index is 11.5. The zero-order chi connectivity index (χ0) is 12.1. The Morgan fingerprint density at radius 2 is 1.00 bits per heavy atom. The zero-order valence-electron chi connectivity index (χ0n) is 10.2. The standard InChI is InChI=1S/C12H26O3S/c13-9-5-1-3-7-11-16(15)12-8-4-2-6-10-14/h13-14H,1-12H2. The monoisotopic (exact) mass is 250 g/mol. The van der Waals surface area contributed by atoms with Crippen molar-refractivity contribution in [2.45, 2.75) is 51.4 Å². The Labute approximate surface area is 102 Å². The Kier molecular flexibility index (Phi) is 13.2. The van der Waals surface area contributed by atoms with Crippen LogP contribution in [0.2, 0.25) is 0 Å². The van der Waals surface area contributed by atoms with Gasteiger partial charge in [-0.05, 0) is 25.7 Å². The largest absolute Gasteiger partial charge is 0.396 e. The molecule has 0 bridgehead atoms. The van der Waals surface area contributed by atoms with E-state index in [2.05, 4.69) is 0 Å². The third-order valence-corrected chi connectivity index (χ3v) is 4.05. The van der Waals surface area contributed by atoms with Crippen molar-refractivity contribution >= 4 is 10.8 Å². The first-order valence-electron chi connectivity index (χ1n) is 6.38. The van der Waals surface area contributed by atoms with Crippen molar-refractivity contribution in [3.8, 4) is 0 Å². The normalized spacial score (nSPS) is 11.2. The van der Waals surface area contributed by atoms with Gasteiger partial charge in [0.1, 0.15) is 0 Å². The van der Waals surface area contributed by atoms with Crippen LogP contribution >= 0.6 is 0 Å². The van der Waals surface area contributed by atoms with Crippen molar-refractivity contribution in [2.75, 3.05) is 24.7 Å². The molecule has 0 heterocycles. The highest BCUT2D eigenvalue weighted by Gasteiger charge is 1.99. The summed E-state index contributed by atoms with van der Waals surface area (Å²) in [5.41, 5.74) is 0. The summed E-state index contributed by atoms with van der Waals surface area (Å²) in [5.74, 6) is 1.62. The van der Waals surface area contributed by atoms with Crippen LogP contribution in [0.1, 0.15) is 51.4 Å². The van der Waals surface area contributed by atoms with Gasteiger partial charge in [0.2, 0.25) is 0 Å². The van der Waals surface area contributed by atoms with Crippen molar-refractivity contribution in [1.82, 2.24) is 0 Å². The predicted molar refractivity (Wildman–Crippen MR) is 69.0 cm³/mol. The van der Waals surface area contributed by atoms with Crippen LogP contribution in [0.5, 0.6) is 0 Å². The van der Waals surface area contributed by atoms with E-state index in [-0.39, 0.29) is 13.2 Å². The van der Waals surface area contributed by atoms with E-state index >= 15 is 0 Å². The van der Waals surface area contributed by atoms with E-state index in [0.29, 0.717) is 0 Å². The molecule has 0 aliphatic rings. The average Bonchev–Trinajstić information content (AvgIpc) is 2.28. The van der Waals surface area contributed by atoms with Gasteiger partial charge >= 0.3 is 0 Å². The quantitative estimate of drug-likeness (QED) is 0.520. The molecule has 0 radical (unpaired) electrons. The maximum atomic E-state index is 11.5. The lowest BCUT2D eigenvalue weighted by Crippen LogP contribution is -2.03. The summed E-state index contributed by atoms with van der Waals surface area (Å²) in [5, 5.41) is 17.2. The summed E-state index contributed by atoms with van der Waals surface area (Å²) >= 11 is 0. The molecule has 0 unspecified atom stereocenters. The molecule has 0 aromatic rings. The van der Waals surface area contributed by atoms with Gasteiger partial charge in [-0.15, -0.1) is 0 Å². The number of rotatable bonds is 12. The topological polar surface area (TPSA) is 57.5 Å². The number of hydrogen-bond donors (Lipinski definition) is 2. The van der Waals surface area contributed by atoms with Gasteiger partial charge in [-0.1, -0.05) is 25.7 Å². The second-order valence-electron chi connectivity index (χ2n) is 4.12. The zero-order valence-corrected chi connectivity index (χ0v) is 11.0. The molecule has 0 atom stereocenters. The second kappa shape index (κ2) is 13.1. The lowest BCUT2D eigenvalue weighted by Gasteiger charge is -2.02. The molecule has 0 aromatic carbocycles. The highest BCUT2D eigenvalue weighted by molar-refractivity contribution is 7.84. The third kappa shape index (κ3) is 12.1. The molecule has 0 saturated carbocycles. The van der Waals surface area contributed by atoms with E-state index < -0.39 is 10.8 Å². The van der Waals surface area contributed by atoms with Crippen molar-refractivity contribution in [3.63, 3.8) is 0 Å². The Morgan fingerprint density at radius 1 is 0.625 bits per heavy atom. The fraction of sp³-hybridized carbons (Fsp3) is 1.00. The van der Waals surface area contributed by atoms with Crippen LogP contribution < -0.4 is 0 Å². The van der Waals surface area contributed by atoms with Crippen LogP contribution in [0.15, 0.2) is 0 Å². The molecule has 4 heteroatoms. The van der Waals surface area contributed by atoms with E-state index in [1.54, 1.807) is 0 Å². The van der Waals surface area contributed by atoms with E-state index in [9.17, 15) is 4.21 Å². The van der Waals surface area contributed by atoms with Crippen LogP contribution in [0.3, 0.4) is 0 Å². The van der Waals surface area contributed by atoms with Gasteiger partial charge in [0, 0.05) is 35.5 Å². The summed E-state index contributed by atoms with van der Waals surface area (Å²) in [6, 6.07) is 0. The number of aliphatic hydroxyl groups excluding tert-OH is 2. The Hall–Kier alpha value is 0.0700. The average molecular weight is 250 g/mol. The molecular formula is C12H26O3S. The maximum Gasteiger partial charge on any atom is 0.0431 e. The number of aliphatic hydroxyl groups is 2. The predicted octanol–water partition coefficient (Wildman–Crippen LogP) is 1.84. The number of unbranched alkanes of at least 4 members (excludes halogenated alkanes) is 6. The molecule has 0 aromatic heterocycles. The van der Waals surface area contributed by atoms with E-state index in [1.807, 2.05) is 0 Å². The molecular weight excluding hydrogens is 224 g/mol. The first kappa shape index (κ1) is 16.1. The van der Waals surface area contributed by atoms with Crippen molar-refractivity contribution in [2.24, 2.45) is 0 Å². The van der Waals surface area contributed by atoms with Gasteiger partial charge in [-0.25, -0.2) is 0 Å². The van der Waals surface area contributed by atoms with Crippen LogP contribution in [-0.2, 0) is 10.8 Å². The third-order valence-electron chi connectivity index (χ3n) is 2.56. The summed E-state index contributed by atoms with van der Waals surface area (Å²) in [7, 11) is -0.656. The lowest BCUT2D eigenvalue weighted by atomic mass is 10.2. The van der Waals surface area contributed by atoms with Crippen LogP contribution in [0, 0.1) is 0 Å². The molecule has 98 valence electrons. The summed E-state index contributed by atoms with van der Waals surface area (Å²) in [4.78, 5) is 0. The highest BCUT2D eigenvalue weighted by atomic mass is 32.2. The van der Waals surface area contributed by atoms with Crippen LogP contribution in [0.25, 0.3) is 0 Å². The van der Waals surface area contributed by atoms with Gasteiger partial charge in [-0.2, -0.15) is 0 Å². The molecule has 0 amide bonds. The Morgan fingerprint density at radius 3 is 1.38 bits per heavy atom. The second-order valence-corrected chi connectivity index (χ2v) is 5.82. The minimum atomic E-state index is -0.656. The fourth-order valence-electron chi connectivity index (χ4n) is 1.56. The van der Waals surface area contributed by atoms with Crippen molar-refractivity contribution in [1.29, 1.82) is 0 Å². The summed E-state index contributed by atoms with van der Waals surface area (Å²) in [6.45, 7) is 0.544. The van der Waals surface area contributed by atoms with Gasteiger partial charge in [0.15, 0.2) is 0 Å². The lowest BCUT2D eigenvalue weighted by molar-refractivity contribution is 0.283. The van der Waals surface area contributed by atoms with Gasteiger partial charge in [-0.3, -0.25) is 4.21 Å². The molecule has 0 aliphatic heterocycles. The highest BCUT2D eigenvalue weighted by Crippen LogP contribution is 2.04. The summed E-state index contributed by atoms with van der Waals surface area (Å²) < 4.78 is 11.5. The minimum Gasteiger partial charge on any atom is -0.396 e. The molecule has 0 rings (SSSR count). The molecule has 3 nitrogen and oxygen atoms in total. The Balaban J connectivity index is 3.12. The molecule has 0 saturated heterocycles. The van der Waals surface area contributed by atoms with Crippen LogP contribution in [-0.4, -0.2) is 39.1 Å². The molecule has 2 N–H and O–H groups in total. The van der Waals surface area contributed by atoms with E-state index in [1.165, 1.54) is 0 Å². The van der Waals surface area contributed by atoms with Gasteiger partial charge in [0.05, 0.1) is 0 Å². The smallest absolute Gasteiger partial charge is 0.0431 e. The van der Waals surface area contributed by atoms with E-state index in [0.717, 1.165) is 62.9 Å². The SMILES string of the molecule is O=S(CCCCCCO)CCCCCCO. The van der Waals surface area contributed by atoms with Crippen molar-refractivity contribution in [3.05, 3.63) is 0 Å².